The smallest absolute Gasteiger partial charge is 0.277 e. The Morgan fingerprint density at radius 2 is 1.07 bits per heavy atom. The van der Waals surface area contributed by atoms with Crippen LogP contribution in [0.5, 0.6) is 0 Å². The van der Waals surface area contributed by atoms with Crippen molar-refractivity contribution < 1.29 is 16.8 Å². The van der Waals surface area contributed by atoms with Gasteiger partial charge < -0.3 is 5.73 Å². The SMILES string of the molecule is CS[s+]1cc(N(S(=O)(=O)c2ccc(-c3ccccc3)cc2)S(=O)(=O)c2ccc(-c3ccccc3)cc2)cc1C(=N)N. The molecule has 1 aromatic heterocycles. The van der Waals surface area contributed by atoms with Crippen LogP contribution >= 0.6 is 20.3 Å². The summed E-state index contributed by atoms with van der Waals surface area (Å²) in [6, 6.07) is 32.5. The Hall–Kier alpha value is -3.90. The molecule has 0 bridgehead atoms. The van der Waals surface area contributed by atoms with Crippen molar-refractivity contribution in [3.63, 3.8) is 0 Å². The lowest BCUT2D eigenvalue weighted by Crippen LogP contribution is -2.36. The largest absolute Gasteiger partial charge is 0.380 e. The predicted molar refractivity (Wildman–Crippen MR) is 169 cm³/mol. The summed E-state index contributed by atoms with van der Waals surface area (Å²) in [6.45, 7) is 0. The second-order valence-corrected chi connectivity index (χ2v) is 16.4. The highest BCUT2D eigenvalue weighted by molar-refractivity contribution is 8.45. The Balaban J connectivity index is 1.63. The highest BCUT2D eigenvalue weighted by atomic mass is 33.1. The average molecular weight is 621 g/mol. The fraction of sp³-hybridized carbons (Fsp3) is 0.0333. The van der Waals surface area contributed by atoms with E-state index in [1.165, 1.54) is 46.5 Å². The lowest BCUT2D eigenvalue weighted by atomic mass is 10.1. The summed E-state index contributed by atoms with van der Waals surface area (Å²) in [4.78, 5) is -0.00528. The molecule has 0 radical (unpaired) electrons. The number of nitrogens with two attached hydrogens (primary N) is 1. The van der Waals surface area contributed by atoms with Crippen LogP contribution < -0.4 is 9.44 Å². The first-order valence-corrected chi connectivity index (χ1v) is 18.2. The zero-order valence-electron chi connectivity index (χ0n) is 21.8. The molecule has 0 fully saturated rings. The molecule has 1 heterocycles. The first-order valence-electron chi connectivity index (χ1n) is 12.3. The number of sulfonamides is 2. The van der Waals surface area contributed by atoms with Crippen molar-refractivity contribution in [2.24, 2.45) is 5.73 Å². The number of nitrogens with zero attached hydrogens (tertiary/aromatic N) is 1. The third-order valence-electron chi connectivity index (χ3n) is 6.33. The fourth-order valence-electron chi connectivity index (χ4n) is 4.32. The molecular weight excluding hydrogens is 595 g/mol. The molecule has 1 unspecified atom stereocenters. The Kier molecular flexibility index (Phi) is 8.05. The van der Waals surface area contributed by atoms with Gasteiger partial charge in [0, 0.05) is 12.3 Å². The molecule has 0 saturated carbocycles. The van der Waals surface area contributed by atoms with E-state index in [4.69, 9.17) is 11.1 Å². The standard InChI is InChI=1S/C30H26N3O4S4/c1-38-39-21-26(20-29(39)30(31)32)33(40(34,35)27-16-12-24(13-17-27)22-8-4-2-5-9-22)41(36,37)28-18-14-25(15-19-28)23-10-6-3-7-11-23/h2-21H,1H3,(H3,31,32)/q+1. The highest BCUT2D eigenvalue weighted by Crippen LogP contribution is 2.43. The number of nitrogen functional groups attached to an aromatic ring is 1. The summed E-state index contributed by atoms with van der Waals surface area (Å²) in [5, 5.41) is 9.49. The maximum atomic E-state index is 14.1. The maximum absolute atomic E-state index is 14.1. The normalized spacial score (nSPS) is 12.2. The van der Waals surface area contributed by atoms with Crippen LogP contribution in [0.2, 0.25) is 0 Å². The van der Waals surface area contributed by atoms with Gasteiger partial charge in [0.05, 0.1) is 19.3 Å². The zero-order valence-corrected chi connectivity index (χ0v) is 25.1. The molecule has 7 nitrogen and oxygen atoms in total. The summed E-state index contributed by atoms with van der Waals surface area (Å²) >= 11 is 0. The van der Waals surface area contributed by atoms with Crippen molar-refractivity contribution in [1.29, 1.82) is 5.41 Å². The summed E-state index contributed by atoms with van der Waals surface area (Å²) in [6.07, 6.45) is 1.79. The molecule has 0 aliphatic heterocycles. The van der Waals surface area contributed by atoms with E-state index in [2.05, 4.69) is 0 Å². The van der Waals surface area contributed by atoms with Crippen LogP contribution in [-0.4, -0.2) is 28.9 Å². The summed E-state index contributed by atoms with van der Waals surface area (Å²) in [5.74, 6) is -0.247. The van der Waals surface area contributed by atoms with Crippen molar-refractivity contribution in [1.82, 2.24) is 0 Å². The monoisotopic (exact) mass is 620 g/mol. The van der Waals surface area contributed by atoms with Gasteiger partial charge in [0.2, 0.25) is 4.88 Å². The molecule has 208 valence electrons. The van der Waals surface area contributed by atoms with Crippen molar-refractivity contribution in [2.45, 2.75) is 9.79 Å². The van der Waals surface area contributed by atoms with Gasteiger partial charge in [-0.05, 0) is 46.5 Å². The van der Waals surface area contributed by atoms with Crippen LogP contribution in [0.3, 0.4) is 0 Å². The van der Waals surface area contributed by atoms with Crippen molar-refractivity contribution in [2.75, 3.05) is 9.97 Å². The number of rotatable bonds is 9. The molecule has 5 aromatic rings. The van der Waals surface area contributed by atoms with Gasteiger partial charge in [-0.25, -0.2) is 16.8 Å². The molecule has 4 aromatic carbocycles. The van der Waals surface area contributed by atoms with Crippen molar-refractivity contribution >= 4 is 51.9 Å². The van der Waals surface area contributed by atoms with Gasteiger partial charge in [0.1, 0.15) is 16.5 Å². The molecule has 1 atom stereocenters. The van der Waals surface area contributed by atoms with Gasteiger partial charge in [0.25, 0.3) is 20.0 Å². The lowest BCUT2D eigenvalue weighted by molar-refractivity contribution is 0.584. The molecule has 0 aliphatic carbocycles. The Morgan fingerprint density at radius 1 is 0.683 bits per heavy atom. The second kappa shape index (κ2) is 11.5. The molecule has 11 heteroatoms. The quantitative estimate of drug-likeness (QED) is 0.0813. The van der Waals surface area contributed by atoms with E-state index >= 15 is 0 Å². The number of benzene rings is 4. The van der Waals surface area contributed by atoms with Gasteiger partial charge in [-0.3, -0.25) is 5.41 Å². The van der Waals surface area contributed by atoms with Gasteiger partial charge in [-0.15, -0.1) is 0 Å². The molecule has 5 rings (SSSR count). The van der Waals surface area contributed by atoms with Crippen LogP contribution in [0, 0.1) is 5.41 Å². The van der Waals surface area contributed by atoms with E-state index in [9.17, 15) is 16.8 Å². The summed E-state index contributed by atoms with van der Waals surface area (Å²) in [7, 11) is -8.68. The molecule has 0 spiro atoms. The molecule has 0 aliphatic rings. The lowest BCUT2D eigenvalue weighted by Gasteiger charge is -2.22. The highest BCUT2D eigenvalue weighted by Gasteiger charge is 2.40. The van der Waals surface area contributed by atoms with Gasteiger partial charge in [-0.2, -0.15) is 3.71 Å². The first kappa shape index (κ1) is 28.6. The Bertz CT molecular complexity index is 1790. The number of anilines is 1. The van der Waals surface area contributed by atoms with Gasteiger partial charge in [-0.1, -0.05) is 84.9 Å². The molecular formula is C30H26N3O4S4+. The second-order valence-electron chi connectivity index (χ2n) is 8.92. The predicted octanol–water partition coefficient (Wildman–Crippen LogP) is 6.76. The van der Waals surface area contributed by atoms with Crippen molar-refractivity contribution in [3.05, 3.63) is 126 Å². The van der Waals surface area contributed by atoms with E-state index in [-0.39, 0.29) is 21.3 Å². The topological polar surface area (TPSA) is 121 Å². The minimum atomic E-state index is -4.62. The Morgan fingerprint density at radius 3 is 1.41 bits per heavy atom. The number of nitrogens with one attached hydrogen (secondary N) is 1. The van der Waals surface area contributed by atoms with Crippen LogP contribution in [0.15, 0.2) is 130 Å². The minimum Gasteiger partial charge on any atom is -0.380 e. The van der Waals surface area contributed by atoms with E-state index in [1.54, 1.807) is 30.5 Å². The number of amidine groups is 1. The van der Waals surface area contributed by atoms with Gasteiger partial charge in [0.15, 0.2) is 11.2 Å². The van der Waals surface area contributed by atoms with Crippen LogP contribution in [0.4, 0.5) is 5.69 Å². The molecule has 0 saturated heterocycles. The molecule has 41 heavy (non-hydrogen) atoms. The first-order chi connectivity index (χ1) is 19.6. The average Bonchev–Trinajstić information content (AvgIpc) is 3.42. The van der Waals surface area contributed by atoms with E-state index in [0.717, 1.165) is 22.3 Å². The molecule has 3 N–H and O–H groups in total. The number of thiophene rings is 1. The minimum absolute atomic E-state index is 0.0767. The molecule has 0 amide bonds. The summed E-state index contributed by atoms with van der Waals surface area (Å²) < 4.78 is 57.0. The third-order valence-corrected chi connectivity index (χ3v) is 14.0. The van der Waals surface area contributed by atoms with E-state index in [0.29, 0.717) is 8.59 Å². The number of hydrogen-bond donors (Lipinski definition) is 2. The van der Waals surface area contributed by atoms with E-state index in [1.807, 2.05) is 60.7 Å². The zero-order chi connectivity index (χ0) is 29.2. The van der Waals surface area contributed by atoms with Crippen LogP contribution in [-0.2, 0) is 20.0 Å². The fourth-order valence-corrected chi connectivity index (χ4v) is 10.9. The van der Waals surface area contributed by atoms with Crippen LogP contribution in [0.1, 0.15) is 4.88 Å². The van der Waals surface area contributed by atoms with Crippen LogP contribution in [0.25, 0.3) is 22.3 Å². The third kappa shape index (κ3) is 5.66. The van der Waals surface area contributed by atoms with Gasteiger partial charge >= 0.3 is 0 Å². The Labute approximate surface area is 246 Å². The maximum Gasteiger partial charge on any atom is 0.277 e. The van der Waals surface area contributed by atoms with Crippen molar-refractivity contribution in [3.8, 4) is 22.3 Å². The number of hydrogen-bond acceptors (Lipinski definition) is 6. The summed E-state index contributed by atoms with van der Waals surface area (Å²) in [5.41, 5.74) is 9.07. The van der Waals surface area contributed by atoms with E-state index < -0.39 is 29.5 Å².